The SMILES string of the molecule is Cc1ccc(C)c(S(=O)(=O)Nc2ccc(Nc3nc(C)cc(N4CCCCC4)n3)cc2)c1. The van der Waals surface area contributed by atoms with E-state index < -0.39 is 10.0 Å². The summed E-state index contributed by atoms with van der Waals surface area (Å²) >= 11 is 0. The number of benzene rings is 2. The predicted molar refractivity (Wildman–Crippen MR) is 129 cm³/mol. The minimum atomic E-state index is -3.66. The lowest BCUT2D eigenvalue weighted by molar-refractivity contribution is 0.573. The minimum absolute atomic E-state index is 0.290. The van der Waals surface area contributed by atoms with Gasteiger partial charge in [-0.05, 0) is 81.5 Å². The lowest BCUT2D eigenvalue weighted by Gasteiger charge is -2.28. The van der Waals surface area contributed by atoms with Crippen LogP contribution in [0.2, 0.25) is 0 Å². The topological polar surface area (TPSA) is 87.2 Å². The van der Waals surface area contributed by atoms with Crippen molar-refractivity contribution in [3.05, 3.63) is 65.4 Å². The molecule has 4 rings (SSSR count). The van der Waals surface area contributed by atoms with Gasteiger partial charge in [0, 0.05) is 36.2 Å². The van der Waals surface area contributed by atoms with E-state index in [0.717, 1.165) is 35.9 Å². The van der Waals surface area contributed by atoms with Crippen LogP contribution >= 0.6 is 0 Å². The molecule has 2 aromatic carbocycles. The first-order chi connectivity index (χ1) is 15.3. The fourth-order valence-corrected chi connectivity index (χ4v) is 5.24. The summed E-state index contributed by atoms with van der Waals surface area (Å²) in [6, 6.07) is 14.5. The van der Waals surface area contributed by atoms with Crippen molar-refractivity contribution >= 4 is 33.2 Å². The van der Waals surface area contributed by atoms with E-state index >= 15 is 0 Å². The molecule has 1 aromatic heterocycles. The number of hydrogen-bond acceptors (Lipinski definition) is 6. The second-order valence-electron chi connectivity index (χ2n) is 8.32. The van der Waals surface area contributed by atoms with Gasteiger partial charge in [-0.3, -0.25) is 4.72 Å². The van der Waals surface area contributed by atoms with E-state index in [2.05, 4.69) is 24.9 Å². The Hall–Kier alpha value is -3.13. The lowest BCUT2D eigenvalue weighted by Crippen LogP contribution is -2.30. The average molecular weight is 452 g/mol. The number of piperidine rings is 1. The Labute approximate surface area is 190 Å². The van der Waals surface area contributed by atoms with Crippen molar-refractivity contribution in [2.75, 3.05) is 28.0 Å². The highest BCUT2D eigenvalue weighted by Crippen LogP contribution is 2.24. The number of rotatable bonds is 6. The summed E-state index contributed by atoms with van der Waals surface area (Å²) in [5.74, 6) is 1.48. The summed E-state index contributed by atoms with van der Waals surface area (Å²) in [7, 11) is -3.66. The standard InChI is InChI=1S/C24H29N5O2S/c1-17-7-8-18(2)22(15-17)32(30,31)28-21-11-9-20(10-12-21)26-24-25-19(3)16-23(27-24)29-13-5-4-6-14-29/h7-12,15-16,28H,4-6,13-14H2,1-3H3,(H,25,26,27). The van der Waals surface area contributed by atoms with Gasteiger partial charge in [-0.1, -0.05) is 12.1 Å². The van der Waals surface area contributed by atoms with Crippen LogP contribution in [0.1, 0.15) is 36.1 Å². The fraction of sp³-hybridized carbons (Fsp3) is 0.333. The van der Waals surface area contributed by atoms with Crippen molar-refractivity contribution in [2.24, 2.45) is 0 Å². The summed E-state index contributed by atoms with van der Waals surface area (Å²) < 4.78 is 28.3. The Kier molecular flexibility index (Phi) is 6.32. The van der Waals surface area contributed by atoms with Crippen LogP contribution in [0.3, 0.4) is 0 Å². The molecule has 1 aliphatic heterocycles. The van der Waals surface area contributed by atoms with Crippen molar-refractivity contribution in [3.63, 3.8) is 0 Å². The van der Waals surface area contributed by atoms with Crippen molar-refractivity contribution in [3.8, 4) is 0 Å². The zero-order valence-corrected chi connectivity index (χ0v) is 19.5. The minimum Gasteiger partial charge on any atom is -0.356 e. The predicted octanol–water partition coefficient (Wildman–Crippen LogP) is 4.94. The van der Waals surface area contributed by atoms with Crippen LogP contribution in [-0.2, 0) is 10.0 Å². The van der Waals surface area contributed by atoms with Gasteiger partial charge in [-0.15, -0.1) is 0 Å². The highest BCUT2D eigenvalue weighted by atomic mass is 32.2. The van der Waals surface area contributed by atoms with Gasteiger partial charge in [-0.2, -0.15) is 4.98 Å². The Morgan fingerprint density at radius 1 is 0.844 bits per heavy atom. The number of nitrogens with zero attached hydrogens (tertiary/aromatic N) is 3. The number of nitrogens with one attached hydrogen (secondary N) is 2. The maximum absolute atomic E-state index is 12.8. The molecule has 8 heteroatoms. The normalized spacial score (nSPS) is 14.3. The first kappa shape index (κ1) is 22.1. The maximum atomic E-state index is 12.8. The van der Waals surface area contributed by atoms with Crippen molar-refractivity contribution in [1.82, 2.24) is 9.97 Å². The molecule has 0 saturated carbocycles. The molecule has 1 aliphatic rings. The smallest absolute Gasteiger partial charge is 0.262 e. The largest absolute Gasteiger partial charge is 0.356 e. The molecule has 32 heavy (non-hydrogen) atoms. The fourth-order valence-electron chi connectivity index (χ4n) is 3.85. The summed E-state index contributed by atoms with van der Waals surface area (Å²) in [4.78, 5) is 11.8. The molecule has 7 nitrogen and oxygen atoms in total. The summed E-state index contributed by atoms with van der Waals surface area (Å²) in [6.07, 6.45) is 3.64. The molecule has 0 atom stereocenters. The van der Waals surface area contributed by atoms with Gasteiger partial charge in [0.25, 0.3) is 10.0 Å². The van der Waals surface area contributed by atoms with Gasteiger partial charge in [0.2, 0.25) is 5.95 Å². The third kappa shape index (κ3) is 5.19. The molecule has 2 heterocycles. The molecule has 0 aliphatic carbocycles. The van der Waals surface area contributed by atoms with Crippen molar-refractivity contribution < 1.29 is 8.42 Å². The van der Waals surface area contributed by atoms with Crippen molar-refractivity contribution in [1.29, 1.82) is 0 Å². The molecule has 0 unspecified atom stereocenters. The van der Waals surface area contributed by atoms with Crippen LogP contribution in [0.25, 0.3) is 0 Å². The first-order valence-electron chi connectivity index (χ1n) is 10.9. The van der Waals surface area contributed by atoms with Gasteiger partial charge < -0.3 is 10.2 Å². The van der Waals surface area contributed by atoms with E-state index in [0.29, 0.717) is 17.2 Å². The molecular formula is C24H29N5O2S. The van der Waals surface area contributed by atoms with Gasteiger partial charge in [0.1, 0.15) is 5.82 Å². The number of sulfonamides is 1. The molecule has 168 valence electrons. The molecule has 0 spiro atoms. The molecule has 0 amide bonds. The Morgan fingerprint density at radius 3 is 2.25 bits per heavy atom. The van der Waals surface area contributed by atoms with Crippen LogP contribution in [-0.4, -0.2) is 31.5 Å². The summed E-state index contributed by atoms with van der Waals surface area (Å²) in [5, 5.41) is 3.24. The second kappa shape index (κ2) is 9.16. The first-order valence-corrected chi connectivity index (χ1v) is 12.4. The van der Waals surface area contributed by atoms with Crippen LogP contribution in [0.15, 0.2) is 53.4 Å². The average Bonchev–Trinajstić information content (AvgIpc) is 2.77. The van der Waals surface area contributed by atoms with Crippen molar-refractivity contribution in [2.45, 2.75) is 44.9 Å². The molecule has 1 fully saturated rings. The molecular weight excluding hydrogens is 422 g/mol. The zero-order valence-electron chi connectivity index (χ0n) is 18.7. The van der Waals surface area contributed by atoms with E-state index in [1.54, 1.807) is 25.1 Å². The highest BCUT2D eigenvalue weighted by Gasteiger charge is 2.17. The van der Waals surface area contributed by atoms with Crippen LogP contribution < -0.4 is 14.9 Å². The Bertz CT molecular complexity index is 1200. The van der Waals surface area contributed by atoms with Gasteiger partial charge >= 0.3 is 0 Å². The van der Waals surface area contributed by atoms with Crippen LogP contribution in [0, 0.1) is 20.8 Å². The molecule has 0 bridgehead atoms. The summed E-state index contributed by atoms with van der Waals surface area (Å²) in [5.41, 5.74) is 3.80. The van der Waals surface area contributed by atoms with Crippen LogP contribution in [0.5, 0.6) is 0 Å². The van der Waals surface area contributed by atoms with Gasteiger partial charge in [-0.25, -0.2) is 13.4 Å². The number of hydrogen-bond donors (Lipinski definition) is 2. The Morgan fingerprint density at radius 2 is 1.53 bits per heavy atom. The van der Waals surface area contributed by atoms with Crippen LogP contribution in [0.4, 0.5) is 23.1 Å². The zero-order chi connectivity index (χ0) is 22.7. The van der Waals surface area contributed by atoms with E-state index in [-0.39, 0.29) is 4.90 Å². The molecule has 3 aromatic rings. The second-order valence-corrected chi connectivity index (χ2v) is 9.97. The van der Waals surface area contributed by atoms with E-state index in [1.165, 1.54) is 19.3 Å². The summed E-state index contributed by atoms with van der Waals surface area (Å²) in [6.45, 7) is 7.67. The molecule has 0 radical (unpaired) electrons. The van der Waals surface area contributed by atoms with Gasteiger partial charge in [0.15, 0.2) is 0 Å². The number of aromatic nitrogens is 2. The van der Waals surface area contributed by atoms with E-state index in [9.17, 15) is 8.42 Å². The maximum Gasteiger partial charge on any atom is 0.262 e. The number of anilines is 4. The third-order valence-electron chi connectivity index (χ3n) is 5.55. The molecule has 2 N–H and O–H groups in total. The van der Waals surface area contributed by atoms with Gasteiger partial charge in [0.05, 0.1) is 4.90 Å². The third-order valence-corrected chi connectivity index (χ3v) is 7.07. The van der Waals surface area contributed by atoms with E-state index in [1.807, 2.05) is 44.2 Å². The number of aryl methyl sites for hydroxylation is 3. The Balaban J connectivity index is 1.48. The lowest BCUT2D eigenvalue weighted by atomic mass is 10.1. The monoisotopic (exact) mass is 451 g/mol. The molecule has 1 saturated heterocycles. The quantitative estimate of drug-likeness (QED) is 0.552. The highest BCUT2D eigenvalue weighted by molar-refractivity contribution is 7.92. The van der Waals surface area contributed by atoms with E-state index in [4.69, 9.17) is 0 Å².